The second-order valence-electron chi connectivity index (χ2n) is 7.29. The highest BCUT2D eigenvalue weighted by molar-refractivity contribution is 5.78. The van der Waals surface area contributed by atoms with E-state index in [9.17, 15) is 4.79 Å². The molecule has 0 fully saturated rings. The summed E-state index contributed by atoms with van der Waals surface area (Å²) >= 11 is 0. The number of hydrogen-bond acceptors (Lipinski definition) is 3. The zero-order chi connectivity index (χ0) is 18.0. The lowest BCUT2D eigenvalue weighted by Crippen LogP contribution is -2.36. The molecule has 0 saturated carbocycles. The molecule has 0 bridgehead atoms. The van der Waals surface area contributed by atoms with Crippen LogP contribution in [0.4, 0.5) is 4.79 Å². The molecule has 6 nitrogen and oxygen atoms in total. The molecule has 0 radical (unpaired) electrons. The van der Waals surface area contributed by atoms with Crippen LogP contribution in [-0.2, 0) is 18.5 Å². The molecule has 6 heteroatoms. The summed E-state index contributed by atoms with van der Waals surface area (Å²) in [5.74, 6) is 0.736. The first kappa shape index (κ1) is 17.1. The molecule has 0 aliphatic rings. The average Bonchev–Trinajstić information content (AvgIpc) is 3.18. The molecule has 132 valence electrons. The van der Waals surface area contributed by atoms with Crippen molar-refractivity contribution in [2.45, 2.75) is 39.3 Å². The van der Waals surface area contributed by atoms with Gasteiger partial charge in [-0.2, -0.15) is 5.10 Å². The Morgan fingerprint density at radius 3 is 2.72 bits per heavy atom. The van der Waals surface area contributed by atoms with Gasteiger partial charge in [-0.15, -0.1) is 0 Å². The Bertz CT molecular complexity index is 840. The molecule has 3 rings (SSSR count). The number of fused-ring (bicyclic) bond motifs is 1. The summed E-state index contributed by atoms with van der Waals surface area (Å²) < 4.78 is 5.71. The molecular formula is C19H24N4O2. The summed E-state index contributed by atoms with van der Waals surface area (Å²) in [5.41, 5.74) is 2.70. The molecule has 0 aliphatic carbocycles. The van der Waals surface area contributed by atoms with Crippen LogP contribution in [0.25, 0.3) is 11.0 Å². The van der Waals surface area contributed by atoms with E-state index in [1.807, 2.05) is 36.4 Å². The predicted molar refractivity (Wildman–Crippen MR) is 97.2 cm³/mol. The molecule has 2 N–H and O–H groups in total. The highest BCUT2D eigenvalue weighted by Gasteiger charge is 2.18. The second-order valence-corrected chi connectivity index (χ2v) is 7.29. The first-order chi connectivity index (χ1) is 11.8. The molecule has 0 aliphatic heterocycles. The number of nitrogens with zero attached hydrogens (tertiary/aromatic N) is 2. The van der Waals surface area contributed by atoms with Crippen LogP contribution in [0.1, 0.15) is 37.9 Å². The number of hydrogen-bond donors (Lipinski definition) is 2. The topological polar surface area (TPSA) is 74.2 Å². The monoisotopic (exact) mass is 340 g/mol. The van der Waals surface area contributed by atoms with Gasteiger partial charge >= 0.3 is 6.03 Å². The van der Waals surface area contributed by atoms with Gasteiger partial charge < -0.3 is 14.6 Å². The molecule has 25 heavy (non-hydrogen) atoms. The first-order valence-corrected chi connectivity index (χ1v) is 8.34. The van der Waals surface area contributed by atoms with E-state index in [4.69, 9.17) is 4.42 Å². The number of aromatic nitrogens is 2. The number of carbonyl (C=O) groups excluding carboxylic acids is 1. The van der Waals surface area contributed by atoms with E-state index < -0.39 is 0 Å². The normalized spacial score (nSPS) is 11.7. The Morgan fingerprint density at radius 2 is 2.04 bits per heavy atom. The molecule has 2 amide bonds. The number of rotatable bonds is 4. The Balaban J connectivity index is 1.56. The standard InChI is InChI=1S/C19H24N4O2/c1-19(2,3)17-10-14(21-22-17)12-23(4)18(24)20-11-15-9-13-7-5-6-8-16(13)25-15/h5-10H,11-12H2,1-4H3,(H,20,24)(H,21,22). The number of para-hydroxylation sites is 1. The molecule has 3 aromatic rings. The predicted octanol–water partition coefficient (Wildman–Crippen LogP) is 3.80. The first-order valence-electron chi connectivity index (χ1n) is 8.34. The Morgan fingerprint density at radius 1 is 1.28 bits per heavy atom. The number of carbonyl (C=O) groups is 1. The summed E-state index contributed by atoms with van der Waals surface area (Å²) in [6, 6.07) is 11.6. The minimum atomic E-state index is -0.160. The van der Waals surface area contributed by atoms with Gasteiger partial charge in [-0.25, -0.2) is 4.79 Å². The molecular weight excluding hydrogens is 316 g/mol. The largest absolute Gasteiger partial charge is 0.459 e. The van der Waals surface area contributed by atoms with Gasteiger partial charge in [-0.1, -0.05) is 39.0 Å². The van der Waals surface area contributed by atoms with Gasteiger partial charge in [0.2, 0.25) is 0 Å². The number of nitrogens with one attached hydrogen (secondary N) is 2. The smallest absolute Gasteiger partial charge is 0.317 e. The van der Waals surface area contributed by atoms with Gasteiger partial charge in [0, 0.05) is 17.8 Å². The number of furan rings is 1. The van der Waals surface area contributed by atoms with Gasteiger partial charge in [-0.3, -0.25) is 5.10 Å². The molecule has 1 aromatic carbocycles. The summed E-state index contributed by atoms with van der Waals surface area (Å²) in [5, 5.41) is 11.2. The van der Waals surface area contributed by atoms with Crippen molar-refractivity contribution in [2.75, 3.05) is 7.05 Å². The van der Waals surface area contributed by atoms with E-state index in [1.54, 1.807) is 11.9 Å². The number of H-pyrrole nitrogens is 1. The average molecular weight is 340 g/mol. The highest BCUT2D eigenvalue weighted by Crippen LogP contribution is 2.21. The van der Waals surface area contributed by atoms with Crippen LogP contribution < -0.4 is 5.32 Å². The number of benzene rings is 1. The number of aromatic amines is 1. The van der Waals surface area contributed by atoms with Crippen molar-refractivity contribution in [3.63, 3.8) is 0 Å². The maximum atomic E-state index is 12.3. The van der Waals surface area contributed by atoms with E-state index in [1.165, 1.54) is 0 Å². The van der Waals surface area contributed by atoms with Gasteiger partial charge in [0.05, 0.1) is 24.5 Å². The second kappa shape index (κ2) is 6.63. The zero-order valence-corrected chi connectivity index (χ0v) is 15.1. The molecule has 0 saturated heterocycles. The van der Waals surface area contributed by atoms with E-state index in [0.29, 0.717) is 13.1 Å². The lowest BCUT2D eigenvalue weighted by Gasteiger charge is -2.16. The van der Waals surface area contributed by atoms with E-state index in [2.05, 4.69) is 36.3 Å². The van der Waals surface area contributed by atoms with Crippen molar-refractivity contribution in [3.8, 4) is 0 Å². The lowest BCUT2D eigenvalue weighted by molar-refractivity contribution is 0.205. The Hall–Kier alpha value is -2.76. The molecule has 2 aromatic heterocycles. The number of urea groups is 1. The maximum absolute atomic E-state index is 12.3. The molecule has 2 heterocycles. The van der Waals surface area contributed by atoms with Crippen molar-refractivity contribution in [1.29, 1.82) is 0 Å². The minimum Gasteiger partial charge on any atom is -0.459 e. The third-order valence-electron chi connectivity index (χ3n) is 4.04. The third-order valence-corrected chi connectivity index (χ3v) is 4.04. The van der Waals surface area contributed by atoms with Crippen LogP contribution in [0, 0.1) is 0 Å². The summed E-state index contributed by atoms with van der Waals surface area (Å²) in [7, 11) is 1.76. The van der Waals surface area contributed by atoms with Crippen molar-refractivity contribution in [3.05, 3.63) is 53.5 Å². The summed E-state index contributed by atoms with van der Waals surface area (Å²) in [6.07, 6.45) is 0. The van der Waals surface area contributed by atoms with Crippen LogP contribution in [0.15, 0.2) is 40.8 Å². The third kappa shape index (κ3) is 4.02. The van der Waals surface area contributed by atoms with Gasteiger partial charge in [0.25, 0.3) is 0 Å². The van der Waals surface area contributed by atoms with Crippen LogP contribution in [0.3, 0.4) is 0 Å². The van der Waals surface area contributed by atoms with Crippen molar-refractivity contribution >= 4 is 17.0 Å². The SMILES string of the molecule is CN(Cc1cc(C(C)(C)C)n[nH]1)C(=O)NCc1cc2ccccc2o1. The van der Waals surface area contributed by atoms with Crippen molar-refractivity contribution in [1.82, 2.24) is 20.4 Å². The highest BCUT2D eigenvalue weighted by atomic mass is 16.3. The van der Waals surface area contributed by atoms with Gasteiger partial charge in [0.1, 0.15) is 11.3 Å². The summed E-state index contributed by atoms with van der Waals surface area (Å²) in [4.78, 5) is 13.9. The Kier molecular flexibility index (Phi) is 4.53. The summed E-state index contributed by atoms with van der Waals surface area (Å²) in [6.45, 7) is 7.15. The minimum absolute atomic E-state index is 0.0170. The Labute approximate surface area is 147 Å². The molecule has 0 atom stereocenters. The van der Waals surface area contributed by atoms with E-state index in [-0.39, 0.29) is 11.4 Å². The van der Waals surface area contributed by atoms with Crippen LogP contribution in [-0.4, -0.2) is 28.2 Å². The van der Waals surface area contributed by atoms with Gasteiger partial charge in [0.15, 0.2) is 0 Å². The van der Waals surface area contributed by atoms with Crippen LogP contribution in [0.2, 0.25) is 0 Å². The van der Waals surface area contributed by atoms with Crippen molar-refractivity contribution < 1.29 is 9.21 Å². The number of amides is 2. The zero-order valence-electron chi connectivity index (χ0n) is 15.1. The molecule has 0 spiro atoms. The van der Waals surface area contributed by atoms with E-state index >= 15 is 0 Å². The van der Waals surface area contributed by atoms with Crippen LogP contribution >= 0.6 is 0 Å². The maximum Gasteiger partial charge on any atom is 0.317 e. The van der Waals surface area contributed by atoms with Crippen LogP contribution in [0.5, 0.6) is 0 Å². The fourth-order valence-corrected chi connectivity index (χ4v) is 2.58. The quantitative estimate of drug-likeness (QED) is 0.759. The fraction of sp³-hybridized carbons (Fsp3) is 0.368. The fourth-order valence-electron chi connectivity index (χ4n) is 2.58. The lowest BCUT2D eigenvalue weighted by atomic mass is 9.92. The van der Waals surface area contributed by atoms with Gasteiger partial charge in [-0.05, 0) is 18.2 Å². The van der Waals surface area contributed by atoms with Crippen molar-refractivity contribution in [2.24, 2.45) is 0 Å². The van der Waals surface area contributed by atoms with E-state index in [0.717, 1.165) is 28.1 Å². The molecule has 0 unspecified atom stereocenters.